The molecule has 0 bridgehead atoms. The maximum atomic E-state index is 13.8. The van der Waals surface area contributed by atoms with Crippen LogP contribution >= 0.6 is 15.9 Å². The van der Waals surface area contributed by atoms with Gasteiger partial charge < -0.3 is 10.6 Å². The minimum Gasteiger partial charge on any atom is -0.354 e. The summed E-state index contributed by atoms with van der Waals surface area (Å²) in [6.07, 6.45) is 1.36. The van der Waals surface area contributed by atoms with Crippen LogP contribution in [0.4, 0.5) is 14.5 Å². The quantitative estimate of drug-likeness (QED) is 0.773. The van der Waals surface area contributed by atoms with Gasteiger partial charge in [-0.05, 0) is 61.8 Å². The largest absolute Gasteiger partial charge is 0.354 e. The molecule has 0 aliphatic carbocycles. The third-order valence-electron chi connectivity index (χ3n) is 4.03. The summed E-state index contributed by atoms with van der Waals surface area (Å²) < 4.78 is 27.0. The van der Waals surface area contributed by atoms with Gasteiger partial charge in [-0.2, -0.15) is 0 Å². The van der Waals surface area contributed by atoms with Crippen molar-refractivity contribution >= 4 is 33.4 Å². The zero-order chi connectivity index (χ0) is 18.6. The first-order chi connectivity index (χ1) is 11.8. The molecule has 1 heterocycles. The van der Waals surface area contributed by atoms with E-state index in [1.54, 1.807) is 0 Å². The summed E-state index contributed by atoms with van der Waals surface area (Å²) in [5, 5.41) is 5.37. The van der Waals surface area contributed by atoms with Crippen molar-refractivity contribution in [2.45, 2.75) is 32.7 Å². The van der Waals surface area contributed by atoms with Gasteiger partial charge in [0.05, 0.1) is 12.2 Å². The molecule has 0 spiro atoms. The van der Waals surface area contributed by atoms with E-state index in [1.165, 1.54) is 0 Å². The van der Waals surface area contributed by atoms with Crippen LogP contribution in [0.1, 0.15) is 26.7 Å². The maximum absolute atomic E-state index is 13.8. The van der Waals surface area contributed by atoms with E-state index in [0.29, 0.717) is 25.9 Å². The fourth-order valence-corrected chi connectivity index (χ4v) is 3.31. The van der Waals surface area contributed by atoms with Crippen molar-refractivity contribution in [1.29, 1.82) is 0 Å². The van der Waals surface area contributed by atoms with Crippen molar-refractivity contribution in [1.82, 2.24) is 10.2 Å². The lowest BCUT2D eigenvalue weighted by atomic mass is 9.95. The average molecular weight is 418 g/mol. The summed E-state index contributed by atoms with van der Waals surface area (Å²) in [6.45, 7) is 5.18. The predicted octanol–water partition coefficient (Wildman–Crippen LogP) is 2.90. The number of carbonyl (C=O) groups excluding carboxylic acids is 2. The number of anilines is 1. The zero-order valence-corrected chi connectivity index (χ0v) is 15.8. The zero-order valence-electron chi connectivity index (χ0n) is 14.2. The minimum absolute atomic E-state index is 0.0367. The standard InChI is InChI=1S/C17H22BrF2N3O2/c1-10(2)21-17(25)11-3-5-23(6-4-11)9-15(24)22-16-13(18)7-12(19)8-14(16)20/h7-8,10-11H,3-6,9H2,1-2H3,(H,21,25)(H,22,24). The summed E-state index contributed by atoms with van der Waals surface area (Å²) in [4.78, 5) is 26.0. The van der Waals surface area contributed by atoms with Gasteiger partial charge in [0, 0.05) is 22.5 Å². The number of rotatable bonds is 5. The lowest BCUT2D eigenvalue weighted by Crippen LogP contribution is -2.44. The van der Waals surface area contributed by atoms with Crippen molar-refractivity contribution in [3.63, 3.8) is 0 Å². The van der Waals surface area contributed by atoms with Crippen LogP contribution in [0.3, 0.4) is 0 Å². The monoisotopic (exact) mass is 417 g/mol. The van der Waals surface area contributed by atoms with Crippen LogP contribution < -0.4 is 10.6 Å². The Morgan fingerprint density at radius 3 is 2.48 bits per heavy atom. The molecule has 1 aliphatic heterocycles. The molecule has 0 atom stereocenters. The highest BCUT2D eigenvalue weighted by Gasteiger charge is 2.26. The van der Waals surface area contributed by atoms with E-state index >= 15 is 0 Å². The molecule has 0 radical (unpaired) electrons. The van der Waals surface area contributed by atoms with Crippen LogP contribution in [-0.2, 0) is 9.59 Å². The molecule has 0 saturated carbocycles. The Labute approximate surface area is 154 Å². The van der Waals surface area contributed by atoms with Crippen LogP contribution in [0.2, 0.25) is 0 Å². The van der Waals surface area contributed by atoms with Crippen LogP contribution in [-0.4, -0.2) is 42.4 Å². The Balaban J connectivity index is 1.84. The fraction of sp³-hybridized carbons (Fsp3) is 0.529. The summed E-state index contributed by atoms with van der Waals surface area (Å²) in [5.74, 6) is -1.91. The Kier molecular flexibility index (Phi) is 6.89. The summed E-state index contributed by atoms with van der Waals surface area (Å²) in [6, 6.07) is 1.93. The van der Waals surface area contributed by atoms with Crippen molar-refractivity contribution in [2.24, 2.45) is 5.92 Å². The molecule has 2 N–H and O–H groups in total. The van der Waals surface area contributed by atoms with Gasteiger partial charge in [0.25, 0.3) is 0 Å². The maximum Gasteiger partial charge on any atom is 0.238 e. The second-order valence-electron chi connectivity index (χ2n) is 6.51. The third kappa shape index (κ3) is 5.74. The molecule has 0 unspecified atom stereocenters. The first-order valence-electron chi connectivity index (χ1n) is 8.23. The number of amides is 2. The highest BCUT2D eigenvalue weighted by molar-refractivity contribution is 9.10. The predicted molar refractivity (Wildman–Crippen MR) is 95.1 cm³/mol. The van der Waals surface area contributed by atoms with Gasteiger partial charge in [-0.15, -0.1) is 0 Å². The van der Waals surface area contributed by atoms with Crippen molar-refractivity contribution in [3.05, 3.63) is 28.2 Å². The van der Waals surface area contributed by atoms with Crippen molar-refractivity contribution < 1.29 is 18.4 Å². The molecule has 5 nitrogen and oxygen atoms in total. The summed E-state index contributed by atoms with van der Waals surface area (Å²) in [5.41, 5.74) is -0.0717. The molecular weight excluding hydrogens is 396 g/mol. The number of halogens is 3. The lowest BCUT2D eigenvalue weighted by Gasteiger charge is -2.31. The normalized spacial score (nSPS) is 16.1. The molecule has 2 rings (SSSR count). The molecule has 1 saturated heterocycles. The van der Waals surface area contributed by atoms with E-state index in [4.69, 9.17) is 0 Å². The summed E-state index contributed by atoms with van der Waals surface area (Å²) >= 11 is 3.04. The molecule has 138 valence electrons. The van der Waals surface area contributed by atoms with Gasteiger partial charge in [-0.1, -0.05) is 0 Å². The first-order valence-corrected chi connectivity index (χ1v) is 9.02. The highest BCUT2D eigenvalue weighted by Crippen LogP contribution is 2.27. The van der Waals surface area contributed by atoms with Crippen LogP contribution in [0.5, 0.6) is 0 Å². The topological polar surface area (TPSA) is 61.4 Å². The number of carbonyl (C=O) groups is 2. The Morgan fingerprint density at radius 2 is 1.92 bits per heavy atom. The average Bonchev–Trinajstić information content (AvgIpc) is 2.51. The molecule has 25 heavy (non-hydrogen) atoms. The van der Waals surface area contributed by atoms with Gasteiger partial charge in [-0.3, -0.25) is 14.5 Å². The Morgan fingerprint density at radius 1 is 1.28 bits per heavy atom. The SMILES string of the molecule is CC(C)NC(=O)C1CCN(CC(=O)Nc2c(F)cc(F)cc2Br)CC1. The molecule has 1 aliphatic rings. The first kappa shape index (κ1) is 19.8. The van der Waals surface area contributed by atoms with E-state index in [9.17, 15) is 18.4 Å². The molecule has 2 amide bonds. The van der Waals surface area contributed by atoms with Crippen LogP contribution in [0.15, 0.2) is 16.6 Å². The minimum atomic E-state index is -0.829. The third-order valence-corrected chi connectivity index (χ3v) is 4.65. The second kappa shape index (κ2) is 8.71. The molecule has 1 fully saturated rings. The van der Waals surface area contributed by atoms with Gasteiger partial charge in [0.15, 0.2) is 5.82 Å². The fourth-order valence-electron chi connectivity index (χ4n) is 2.80. The van der Waals surface area contributed by atoms with E-state index in [1.807, 2.05) is 18.7 Å². The van der Waals surface area contributed by atoms with E-state index in [0.717, 1.165) is 12.1 Å². The van der Waals surface area contributed by atoms with Crippen LogP contribution in [0.25, 0.3) is 0 Å². The summed E-state index contributed by atoms with van der Waals surface area (Å²) in [7, 11) is 0. The van der Waals surface area contributed by atoms with E-state index < -0.39 is 11.6 Å². The molecule has 1 aromatic rings. The lowest BCUT2D eigenvalue weighted by molar-refractivity contribution is -0.127. The molecular formula is C17H22BrF2N3O2. The second-order valence-corrected chi connectivity index (χ2v) is 7.36. The molecule has 8 heteroatoms. The molecule has 0 aromatic heterocycles. The molecule has 1 aromatic carbocycles. The Bertz CT molecular complexity index is 624. The number of benzene rings is 1. The number of nitrogens with zero attached hydrogens (tertiary/aromatic N) is 1. The number of likely N-dealkylation sites (tertiary alicyclic amines) is 1. The van der Waals surface area contributed by atoms with E-state index in [-0.39, 0.29) is 40.5 Å². The number of hydrogen-bond acceptors (Lipinski definition) is 3. The smallest absolute Gasteiger partial charge is 0.238 e. The highest BCUT2D eigenvalue weighted by atomic mass is 79.9. The van der Waals surface area contributed by atoms with Crippen molar-refractivity contribution in [3.8, 4) is 0 Å². The van der Waals surface area contributed by atoms with Gasteiger partial charge >= 0.3 is 0 Å². The number of piperidine rings is 1. The van der Waals surface area contributed by atoms with Crippen molar-refractivity contribution in [2.75, 3.05) is 25.0 Å². The van der Waals surface area contributed by atoms with E-state index in [2.05, 4.69) is 26.6 Å². The van der Waals surface area contributed by atoms with Gasteiger partial charge in [0.1, 0.15) is 5.82 Å². The number of nitrogens with one attached hydrogen (secondary N) is 2. The number of hydrogen-bond donors (Lipinski definition) is 2. The van der Waals surface area contributed by atoms with Crippen LogP contribution in [0, 0.1) is 17.6 Å². The van der Waals surface area contributed by atoms with Gasteiger partial charge in [0.2, 0.25) is 11.8 Å². The Hall–Kier alpha value is -1.54. The van der Waals surface area contributed by atoms with Gasteiger partial charge in [-0.25, -0.2) is 8.78 Å².